The third kappa shape index (κ3) is 2.28. The Morgan fingerprint density at radius 3 is 2.40 bits per heavy atom. The summed E-state index contributed by atoms with van der Waals surface area (Å²) in [7, 11) is 0. The molecule has 0 aromatic heterocycles. The van der Waals surface area contributed by atoms with E-state index >= 15 is 0 Å². The fourth-order valence-electron chi connectivity index (χ4n) is 1.96. The first-order valence-corrected chi connectivity index (χ1v) is 6.32. The Balaban J connectivity index is 2.37. The number of rotatable bonds is 4. The molecule has 2 aromatic rings. The molecule has 0 saturated heterocycles. The van der Waals surface area contributed by atoms with E-state index in [1.807, 2.05) is 13.8 Å². The van der Waals surface area contributed by atoms with Crippen molar-refractivity contribution in [2.24, 2.45) is 0 Å². The highest BCUT2D eigenvalue weighted by Gasteiger charge is 2.22. The molecule has 2 N–H and O–H groups in total. The average molecular weight is 269 g/mol. The number of anilines is 3. The van der Waals surface area contributed by atoms with E-state index in [1.54, 1.807) is 25.1 Å². The Morgan fingerprint density at radius 2 is 1.80 bits per heavy atom. The van der Waals surface area contributed by atoms with E-state index in [0.717, 1.165) is 5.56 Å². The van der Waals surface area contributed by atoms with Gasteiger partial charge in [-0.25, -0.2) is 0 Å². The molecule has 0 bridgehead atoms. The SMILES string of the molecule is Cc1c(C#N)cccc1Nc1c(NC(C)C)c(=O)c1=O. The highest BCUT2D eigenvalue weighted by atomic mass is 16.2. The van der Waals surface area contributed by atoms with Gasteiger partial charge in [-0.2, -0.15) is 5.26 Å². The van der Waals surface area contributed by atoms with Crippen molar-refractivity contribution in [2.75, 3.05) is 10.6 Å². The summed E-state index contributed by atoms with van der Waals surface area (Å²) in [5, 5.41) is 14.9. The van der Waals surface area contributed by atoms with Gasteiger partial charge in [-0.15, -0.1) is 0 Å². The zero-order valence-electron chi connectivity index (χ0n) is 11.6. The lowest BCUT2D eigenvalue weighted by Gasteiger charge is -2.18. The van der Waals surface area contributed by atoms with Crippen LogP contribution in [0.4, 0.5) is 17.1 Å². The molecule has 0 fully saturated rings. The van der Waals surface area contributed by atoms with Crippen molar-refractivity contribution in [3.05, 3.63) is 49.8 Å². The van der Waals surface area contributed by atoms with Crippen molar-refractivity contribution in [1.82, 2.24) is 0 Å². The second kappa shape index (κ2) is 5.17. The van der Waals surface area contributed by atoms with Crippen LogP contribution >= 0.6 is 0 Å². The predicted octanol–water partition coefficient (Wildman–Crippen LogP) is 2.03. The maximum atomic E-state index is 11.6. The van der Waals surface area contributed by atoms with Gasteiger partial charge in [0, 0.05) is 11.7 Å². The highest BCUT2D eigenvalue weighted by Crippen LogP contribution is 2.25. The topological polar surface area (TPSA) is 82.0 Å². The van der Waals surface area contributed by atoms with Gasteiger partial charge in [-0.1, -0.05) is 6.07 Å². The van der Waals surface area contributed by atoms with Gasteiger partial charge in [-0.05, 0) is 38.5 Å². The number of benzene rings is 1. The van der Waals surface area contributed by atoms with Crippen LogP contribution in [0.3, 0.4) is 0 Å². The van der Waals surface area contributed by atoms with Crippen LogP contribution in [0, 0.1) is 18.3 Å². The summed E-state index contributed by atoms with van der Waals surface area (Å²) in [4.78, 5) is 23.2. The van der Waals surface area contributed by atoms with Gasteiger partial charge in [0.1, 0.15) is 11.4 Å². The van der Waals surface area contributed by atoms with E-state index in [-0.39, 0.29) is 11.7 Å². The van der Waals surface area contributed by atoms with Crippen molar-refractivity contribution in [2.45, 2.75) is 26.8 Å². The Morgan fingerprint density at radius 1 is 1.15 bits per heavy atom. The number of nitriles is 1. The van der Waals surface area contributed by atoms with Crippen LogP contribution in [0.15, 0.2) is 27.8 Å². The van der Waals surface area contributed by atoms with Crippen LogP contribution in [0.25, 0.3) is 0 Å². The smallest absolute Gasteiger partial charge is 0.253 e. The fraction of sp³-hybridized carbons (Fsp3) is 0.267. The van der Waals surface area contributed by atoms with Gasteiger partial charge in [0.05, 0.1) is 11.6 Å². The number of nitrogens with zero attached hydrogens (tertiary/aromatic N) is 1. The summed E-state index contributed by atoms with van der Waals surface area (Å²) in [5.41, 5.74) is 1.48. The van der Waals surface area contributed by atoms with E-state index in [1.165, 1.54) is 0 Å². The molecule has 0 atom stereocenters. The second-order valence-corrected chi connectivity index (χ2v) is 4.92. The Hall–Kier alpha value is -2.61. The zero-order chi connectivity index (χ0) is 14.9. The average Bonchev–Trinajstić information content (AvgIpc) is 2.43. The van der Waals surface area contributed by atoms with Crippen LogP contribution in [-0.4, -0.2) is 6.04 Å². The van der Waals surface area contributed by atoms with Gasteiger partial charge in [0.25, 0.3) is 10.9 Å². The zero-order valence-corrected chi connectivity index (χ0v) is 11.6. The van der Waals surface area contributed by atoms with Gasteiger partial charge in [0.15, 0.2) is 0 Å². The molecule has 5 nitrogen and oxygen atoms in total. The lowest BCUT2D eigenvalue weighted by molar-refractivity contribution is 0.894. The molecule has 0 unspecified atom stereocenters. The minimum Gasteiger partial charge on any atom is -0.378 e. The Labute approximate surface area is 116 Å². The summed E-state index contributed by atoms with van der Waals surface area (Å²) in [6, 6.07) is 7.35. The number of nitrogens with one attached hydrogen (secondary N) is 2. The first-order valence-electron chi connectivity index (χ1n) is 6.32. The van der Waals surface area contributed by atoms with E-state index < -0.39 is 10.9 Å². The molecule has 0 aliphatic heterocycles. The summed E-state index contributed by atoms with van der Waals surface area (Å²) < 4.78 is 0. The summed E-state index contributed by atoms with van der Waals surface area (Å²) >= 11 is 0. The molecule has 0 radical (unpaired) electrons. The number of hydrogen-bond acceptors (Lipinski definition) is 5. The second-order valence-electron chi connectivity index (χ2n) is 4.92. The first-order chi connectivity index (χ1) is 9.45. The van der Waals surface area contributed by atoms with Crippen LogP contribution in [0.2, 0.25) is 0 Å². The van der Waals surface area contributed by atoms with E-state index in [9.17, 15) is 9.59 Å². The maximum Gasteiger partial charge on any atom is 0.253 e. The molecule has 2 rings (SSSR count). The van der Waals surface area contributed by atoms with Crippen molar-refractivity contribution < 1.29 is 0 Å². The van der Waals surface area contributed by atoms with E-state index in [0.29, 0.717) is 16.9 Å². The molecule has 0 saturated carbocycles. The summed E-state index contributed by atoms with van der Waals surface area (Å²) in [6.45, 7) is 5.58. The van der Waals surface area contributed by atoms with Crippen LogP contribution in [-0.2, 0) is 0 Å². The largest absolute Gasteiger partial charge is 0.378 e. The van der Waals surface area contributed by atoms with Crippen molar-refractivity contribution >= 4 is 17.1 Å². The maximum absolute atomic E-state index is 11.6. The van der Waals surface area contributed by atoms with Crippen LogP contribution < -0.4 is 21.5 Å². The Kier molecular flexibility index (Phi) is 3.57. The molecule has 0 aliphatic carbocycles. The fourth-order valence-corrected chi connectivity index (χ4v) is 1.96. The van der Waals surface area contributed by atoms with Crippen molar-refractivity contribution in [3.63, 3.8) is 0 Å². The van der Waals surface area contributed by atoms with Crippen molar-refractivity contribution in [1.29, 1.82) is 5.26 Å². The summed E-state index contributed by atoms with van der Waals surface area (Å²) in [5.74, 6) is 0. The molecule has 0 spiro atoms. The molecule has 2 aromatic carbocycles. The Bertz CT molecular complexity index is 762. The molecule has 0 heterocycles. The molecular formula is C15H15N3O2. The predicted molar refractivity (Wildman–Crippen MR) is 79.3 cm³/mol. The van der Waals surface area contributed by atoms with Crippen molar-refractivity contribution in [3.8, 4) is 6.07 Å². The van der Waals surface area contributed by atoms with E-state index in [4.69, 9.17) is 5.26 Å². The molecule has 102 valence electrons. The lowest BCUT2D eigenvalue weighted by Crippen LogP contribution is -2.38. The third-order valence-electron chi connectivity index (χ3n) is 3.06. The molecular weight excluding hydrogens is 254 g/mol. The summed E-state index contributed by atoms with van der Waals surface area (Å²) in [6.07, 6.45) is 0. The van der Waals surface area contributed by atoms with E-state index in [2.05, 4.69) is 16.7 Å². The minimum atomic E-state index is -0.532. The highest BCUT2D eigenvalue weighted by molar-refractivity contribution is 5.80. The molecule has 20 heavy (non-hydrogen) atoms. The third-order valence-corrected chi connectivity index (χ3v) is 3.06. The normalized spacial score (nSPS) is 10.6. The first kappa shape index (κ1) is 13.8. The van der Waals surface area contributed by atoms with Gasteiger partial charge >= 0.3 is 0 Å². The lowest BCUT2D eigenvalue weighted by atomic mass is 10.1. The number of hydrogen-bond donors (Lipinski definition) is 2. The molecule has 5 heteroatoms. The monoisotopic (exact) mass is 269 g/mol. The standard InChI is InChI=1S/C15H15N3O2/c1-8(2)17-12-13(15(20)14(12)19)18-11-6-4-5-10(7-16)9(11)3/h4-6,8,17-18H,1-3H3. The minimum absolute atomic E-state index is 0.0605. The molecule has 0 amide bonds. The van der Waals surface area contributed by atoms with Gasteiger partial charge in [-0.3, -0.25) is 9.59 Å². The van der Waals surface area contributed by atoms with Gasteiger partial charge in [0.2, 0.25) is 0 Å². The van der Waals surface area contributed by atoms with Crippen LogP contribution in [0.5, 0.6) is 0 Å². The van der Waals surface area contributed by atoms with Crippen LogP contribution in [0.1, 0.15) is 25.0 Å². The van der Waals surface area contributed by atoms with Gasteiger partial charge < -0.3 is 10.6 Å². The molecule has 0 aliphatic rings. The quantitative estimate of drug-likeness (QED) is 0.830.